The third-order valence-corrected chi connectivity index (χ3v) is 3.72. The summed E-state index contributed by atoms with van der Waals surface area (Å²) in [5, 5.41) is 4.20. The summed E-state index contributed by atoms with van der Waals surface area (Å²) in [5.41, 5.74) is 8.40. The van der Waals surface area contributed by atoms with Gasteiger partial charge in [0.1, 0.15) is 5.75 Å². The Morgan fingerprint density at radius 2 is 1.85 bits per heavy atom. The van der Waals surface area contributed by atoms with Crippen LogP contribution in [0.4, 0.5) is 11.4 Å². The van der Waals surface area contributed by atoms with Gasteiger partial charge in [0.2, 0.25) is 0 Å². The minimum Gasteiger partial charge on any atom is -0.496 e. The molecule has 0 atom stereocenters. The maximum Gasteiger partial charge on any atom is 0.122 e. The number of rotatable bonds is 5. The zero-order valence-corrected chi connectivity index (χ0v) is 12.6. The Bertz CT molecular complexity index is 602. The van der Waals surface area contributed by atoms with E-state index in [9.17, 15) is 0 Å². The number of para-hydroxylation sites is 1. The van der Waals surface area contributed by atoms with E-state index >= 15 is 0 Å². The third kappa shape index (κ3) is 3.50. The van der Waals surface area contributed by atoms with Crippen molar-refractivity contribution in [1.29, 1.82) is 0 Å². The summed E-state index contributed by atoms with van der Waals surface area (Å²) in [7, 11) is 1.67. The fourth-order valence-corrected chi connectivity index (χ4v) is 2.29. The second kappa shape index (κ2) is 6.73. The van der Waals surface area contributed by atoms with Crippen LogP contribution in [0.3, 0.4) is 0 Å². The molecule has 0 radical (unpaired) electrons. The molecule has 0 amide bonds. The molecule has 2 aromatic rings. The fourth-order valence-electron chi connectivity index (χ4n) is 1.96. The Labute approximate surface area is 128 Å². The molecular formula is C15H16Cl2N2O. The van der Waals surface area contributed by atoms with Gasteiger partial charge in [-0.25, -0.2) is 0 Å². The summed E-state index contributed by atoms with van der Waals surface area (Å²) < 4.78 is 5.32. The average Bonchev–Trinajstić information content (AvgIpc) is 2.45. The lowest BCUT2D eigenvalue weighted by molar-refractivity contribution is 0.410. The molecule has 2 rings (SSSR count). The highest BCUT2D eigenvalue weighted by Crippen LogP contribution is 2.30. The van der Waals surface area contributed by atoms with Crippen molar-refractivity contribution in [2.45, 2.75) is 6.42 Å². The summed E-state index contributed by atoms with van der Waals surface area (Å²) in [4.78, 5) is 0. The molecule has 0 aliphatic heterocycles. The smallest absolute Gasteiger partial charge is 0.122 e. The van der Waals surface area contributed by atoms with Crippen molar-refractivity contribution in [3.8, 4) is 5.75 Å². The number of ether oxygens (including phenoxy) is 1. The summed E-state index contributed by atoms with van der Waals surface area (Å²) in [6.07, 6.45) is 0.823. The second-order valence-corrected chi connectivity index (χ2v) is 5.16. The number of hydrogen-bond donors (Lipinski definition) is 2. The van der Waals surface area contributed by atoms with Crippen molar-refractivity contribution < 1.29 is 4.74 Å². The molecule has 3 nitrogen and oxygen atoms in total. The quantitative estimate of drug-likeness (QED) is 0.812. The van der Waals surface area contributed by atoms with Crippen LogP contribution in [0.25, 0.3) is 0 Å². The van der Waals surface area contributed by atoms with Crippen molar-refractivity contribution >= 4 is 34.6 Å². The van der Waals surface area contributed by atoms with Gasteiger partial charge in [-0.05, 0) is 30.2 Å². The standard InChI is InChI=1S/C15H16Cl2N2O/c1-20-15-5-3-2-4-10(15)6-7-19-14-9-12(17)11(16)8-13(14)18/h2-5,8-9,19H,6-7,18H2,1H3. The van der Waals surface area contributed by atoms with Crippen molar-refractivity contribution in [3.63, 3.8) is 0 Å². The first-order valence-corrected chi connectivity index (χ1v) is 6.97. The van der Waals surface area contributed by atoms with Crippen LogP contribution in [0.2, 0.25) is 10.0 Å². The summed E-state index contributed by atoms with van der Waals surface area (Å²) in [6, 6.07) is 11.3. The zero-order valence-electron chi connectivity index (χ0n) is 11.1. The largest absolute Gasteiger partial charge is 0.496 e. The molecule has 0 spiro atoms. The molecule has 0 fully saturated rings. The SMILES string of the molecule is COc1ccccc1CCNc1cc(Cl)c(Cl)cc1N. The molecule has 0 aromatic heterocycles. The first-order valence-electron chi connectivity index (χ1n) is 6.22. The molecule has 5 heteroatoms. The Hall–Kier alpha value is -1.58. The molecule has 20 heavy (non-hydrogen) atoms. The molecule has 0 saturated carbocycles. The molecule has 0 aliphatic rings. The normalized spacial score (nSPS) is 10.3. The summed E-state index contributed by atoms with van der Waals surface area (Å²) in [6.45, 7) is 0.725. The number of benzene rings is 2. The number of anilines is 2. The van der Waals surface area contributed by atoms with E-state index < -0.39 is 0 Å². The highest BCUT2D eigenvalue weighted by atomic mass is 35.5. The van der Waals surface area contributed by atoms with E-state index in [0.717, 1.165) is 30.0 Å². The molecule has 3 N–H and O–H groups in total. The molecule has 0 bridgehead atoms. The summed E-state index contributed by atoms with van der Waals surface area (Å²) >= 11 is 11.9. The Morgan fingerprint density at radius 3 is 2.60 bits per heavy atom. The van der Waals surface area contributed by atoms with Gasteiger partial charge in [0.25, 0.3) is 0 Å². The third-order valence-electron chi connectivity index (χ3n) is 2.99. The minimum atomic E-state index is 0.458. The average molecular weight is 311 g/mol. The Morgan fingerprint density at radius 1 is 1.15 bits per heavy atom. The van der Waals surface area contributed by atoms with Gasteiger partial charge in [0.05, 0.1) is 28.5 Å². The van der Waals surface area contributed by atoms with E-state index in [-0.39, 0.29) is 0 Å². The predicted octanol–water partition coefficient (Wildman–Crippen LogP) is 4.24. The number of methoxy groups -OCH3 is 1. The Kier molecular flexibility index (Phi) is 4.99. The van der Waals surface area contributed by atoms with Gasteiger partial charge < -0.3 is 15.8 Å². The van der Waals surface area contributed by atoms with Crippen molar-refractivity contribution in [2.24, 2.45) is 0 Å². The minimum absolute atomic E-state index is 0.458. The van der Waals surface area contributed by atoms with Gasteiger partial charge in [0, 0.05) is 6.54 Å². The monoisotopic (exact) mass is 310 g/mol. The van der Waals surface area contributed by atoms with Crippen LogP contribution in [-0.4, -0.2) is 13.7 Å². The van der Waals surface area contributed by atoms with Gasteiger partial charge in [-0.3, -0.25) is 0 Å². The van der Waals surface area contributed by atoms with Crippen LogP contribution < -0.4 is 15.8 Å². The van der Waals surface area contributed by atoms with Crippen LogP contribution >= 0.6 is 23.2 Å². The molecular weight excluding hydrogens is 295 g/mol. The number of halogens is 2. The number of nitrogens with one attached hydrogen (secondary N) is 1. The molecule has 0 saturated heterocycles. The molecule has 0 heterocycles. The first-order chi connectivity index (χ1) is 9.61. The predicted molar refractivity (Wildman–Crippen MR) is 86.1 cm³/mol. The van der Waals surface area contributed by atoms with Crippen LogP contribution in [0.15, 0.2) is 36.4 Å². The van der Waals surface area contributed by atoms with Gasteiger partial charge in [-0.15, -0.1) is 0 Å². The lowest BCUT2D eigenvalue weighted by Gasteiger charge is -2.12. The van der Waals surface area contributed by atoms with E-state index in [1.54, 1.807) is 19.2 Å². The van der Waals surface area contributed by atoms with Gasteiger partial charge in [-0.2, -0.15) is 0 Å². The number of hydrogen-bond acceptors (Lipinski definition) is 3. The highest BCUT2D eigenvalue weighted by Gasteiger charge is 2.06. The van der Waals surface area contributed by atoms with Gasteiger partial charge in [0.15, 0.2) is 0 Å². The van der Waals surface area contributed by atoms with E-state index in [1.165, 1.54) is 0 Å². The van der Waals surface area contributed by atoms with Crippen LogP contribution in [0.5, 0.6) is 5.75 Å². The Balaban J connectivity index is 2.01. The lowest BCUT2D eigenvalue weighted by Crippen LogP contribution is -2.07. The number of nitrogens with two attached hydrogens (primary N) is 1. The van der Waals surface area contributed by atoms with Crippen LogP contribution in [0.1, 0.15) is 5.56 Å². The van der Waals surface area contributed by atoms with E-state index in [0.29, 0.717) is 15.7 Å². The maximum absolute atomic E-state index is 5.98. The molecule has 0 unspecified atom stereocenters. The van der Waals surface area contributed by atoms with E-state index in [2.05, 4.69) is 5.32 Å². The summed E-state index contributed by atoms with van der Waals surface area (Å²) in [5.74, 6) is 0.886. The van der Waals surface area contributed by atoms with Gasteiger partial charge >= 0.3 is 0 Å². The second-order valence-electron chi connectivity index (χ2n) is 4.34. The van der Waals surface area contributed by atoms with Crippen LogP contribution in [-0.2, 0) is 6.42 Å². The highest BCUT2D eigenvalue weighted by molar-refractivity contribution is 6.42. The first kappa shape index (κ1) is 14.8. The molecule has 106 valence electrons. The van der Waals surface area contributed by atoms with Crippen LogP contribution in [0, 0.1) is 0 Å². The lowest BCUT2D eigenvalue weighted by atomic mass is 10.1. The number of nitrogen functional groups attached to an aromatic ring is 1. The van der Waals surface area contributed by atoms with Gasteiger partial charge in [-0.1, -0.05) is 41.4 Å². The maximum atomic E-state index is 5.98. The zero-order chi connectivity index (χ0) is 14.5. The molecule has 2 aromatic carbocycles. The van der Waals surface area contributed by atoms with Crippen molar-refractivity contribution in [3.05, 3.63) is 52.0 Å². The van der Waals surface area contributed by atoms with E-state index in [1.807, 2.05) is 24.3 Å². The fraction of sp³-hybridized carbons (Fsp3) is 0.200. The van der Waals surface area contributed by atoms with Crippen molar-refractivity contribution in [1.82, 2.24) is 0 Å². The van der Waals surface area contributed by atoms with Crippen molar-refractivity contribution in [2.75, 3.05) is 24.7 Å². The molecule has 0 aliphatic carbocycles. The van der Waals surface area contributed by atoms with E-state index in [4.69, 9.17) is 33.7 Å². The topological polar surface area (TPSA) is 47.3 Å².